The van der Waals surface area contributed by atoms with E-state index in [0.29, 0.717) is 6.04 Å². The van der Waals surface area contributed by atoms with Gasteiger partial charge in [-0.1, -0.05) is 6.07 Å². The number of rotatable bonds is 0. The Morgan fingerprint density at radius 2 is 2.23 bits per heavy atom. The largest absolute Gasteiger partial charge is 0.489 e. The number of fused-ring (bicyclic) bond motifs is 1. The molecule has 13 heavy (non-hydrogen) atoms. The Labute approximate surface area is 79.1 Å². The maximum absolute atomic E-state index is 5.62. The van der Waals surface area contributed by atoms with E-state index in [0.717, 1.165) is 12.4 Å². The van der Waals surface area contributed by atoms with Crippen LogP contribution in [0.4, 0.5) is 5.69 Å². The lowest BCUT2D eigenvalue weighted by molar-refractivity contribution is 0.275. The first-order chi connectivity index (χ1) is 6.18. The minimum absolute atomic E-state index is 0.467. The van der Waals surface area contributed by atoms with Crippen LogP contribution >= 0.6 is 0 Å². The van der Waals surface area contributed by atoms with Crippen molar-refractivity contribution in [1.29, 1.82) is 0 Å². The van der Waals surface area contributed by atoms with Crippen molar-refractivity contribution in [2.75, 3.05) is 18.6 Å². The van der Waals surface area contributed by atoms with E-state index in [-0.39, 0.29) is 0 Å². The summed E-state index contributed by atoms with van der Waals surface area (Å²) in [5.41, 5.74) is 2.49. The van der Waals surface area contributed by atoms with Crippen molar-refractivity contribution in [2.45, 2.75) is 19.9 Å². The van der Waals surface area contributed by atoms with Gasteiger partial charge in [0.05, 0.1) is 11.7 Å². The van der Waals surface area contributed by atoms with Gasteiger partial charge in [-0.05, 0) is 31.5 Å². The predicted molar refractivity (Wildman–Crippen MR) is 54.5 cm³/mol. The van der Waals surface area contributed by atoms with E-state index in [9.17, 15) is 0 Å². The van der Waals surface area contributed by atoms with Gasteiger partial charge < -0.3 is 9.64 Å². The maximum Gasteiger partial charge on any atom is 0.142 e. The molecule has 0 saturated carbocycles. The van der Waals surface area contributed by atoms with Crippen molar-refractivity contribution in [3.05, 3.63) is 23.8 Å². The first kappa shape index (κ1) is 8.42. The Morgan fingerprint density at radius 1 is 1.46 bits per heavy atom. The van der Waals surface area contributed by atoms with Crippen LogP contribution in [-0.2, 0) is 0 Å². The third-order valence-corrected chi connectivity index (χ3v) is 2.64. The van der Waals surface area contributed by atoms with Crippen LogP contribution in [0.5, 0.6) is 5.75 Å². The van der Waals surface area contributed by atoms with Crippen molar-refractivity contribution in [3.8, 4) is 5.75 Å². The van der Waals surface area contributed by atoms with Gasteiger partial charge in [-0.2, -0.15) is 0 Å². The third-order valence-electron chi connectivity index (χ3n) is 2.64. The Hall–Kier alpha value is -1.18. The fourth-order valence-corrected chi connectivity index (χ4v) is 1.58. The predicted octanol–water partition coefficient (Wildman–Crippen LogP) is 2.21. The molecule has 0 amide bonds. The number of benzene rings is 1. The standard InChI is InChI=1S/C11H15NO/c1-8-4-5-11-10(6-8)12(3)9(2)7-13-11/h4-6,9H,7H2,1-3H3. The molecule has 0 aliphatic carbocycles. The summed E-state index contributed by atoms with van der Waals surface area (Å²) in [6, 6.07) is 6.77. The third kappa shape index (κ3) is 1.37. The molecule has 1 unspecified atom stereocenters. The number of hydrogen-bond donors (Lipinski definition) is 0. The van der Waals surface area contributed by atoms with E-state index in [4.69, 9.17) is 4.74 Å². The first-order valence-corrected chi connectivity index (χ1v) is 4.65. The van der Waals surface area contributed by atoms with E-state index in [2.05, 4.69) is 37.9 Å². The van der Waals surface area contributed by atoms with Gasteiger partial charge in [0.15, 0.2) is 0 Å². The van der Waals surface area contributed by atoms with Gasteiger partial charge >= 0.3 is 0 Å². The number of ether oxygens (including phenoxy) is 1. The van der Waals surface area contributed by atoms with E-state index in [1.54, 1.807) is 0 Å². The van der Waals surface area contributed by atoms with Crippen LogP contribution in [-0.4, -0.2) is 19.7 Å². The maximum atomic E-state index is 5.62. The zero-order chi connectivity index (χ0) is 9.42. The molecule has 0 radical (unpaired) electrons. The number of nitrogens with zero attached hydrogens (tertiary/aromatic N) is 1. The van der Waals surface area contributed by atoms with Crippen LogP contribution < -0.4 is 9.64 Å². The van der Waals surface area contributed by atoms with Gasteiger partial charge in [0.25, 0.3) is 0 Å². The van der Waals surface area contributed by atoms with Crippen molar-refractivity contribution in [3.63, 3.8) is 0 Å². The molecule has 0 N–H and O–H groups in total. The highest BCUT2D eigenvalue weighted by molar-refractivity contribution is 5.61. The van der Waals surface area contributed by atoms with Crippen molar-refractivity contribution in [1.82, 2.24) is 0 Å². The second kappa shape index (κ2) is 2.95. The monoisotopic (exact) mass is 177 g/mol. The summed E-state index contributed by atoms with van der Waals surface area (Å²) >= 11 is 0. The minimum atomic E-state index is 0.467. The number of likely N-dealkylation sites (N-methyl/N-ethyl adjacent to an activating group) is 1. The Bertz CT molecular complexity index is 322. The van der Waals surface area contributed by atoms with Crippen molar-refractivity contribution in [2.24, 2.45) is 0 Å². The molecule has 1 aliphatic heterocycles. The fourth-order valence-electron chi connectivity index (χ4n) is 1.58. The van der Waals surface area contributed by atoms with Crippen LogP contribution in [0.15, 0.2) is 18.2 Å². The smallest absolute Gasteiger partial charge is 0.142 e. The lowest BCUT2D eigenvalue weighted by atomic mass is 10.1. The van der Waals surface area contributed by atoms with Gasteiger partial charge in [-0.25, -0.2) is 0 Å². The van der Waals surface area contributed by atoms with Gasteiger partial charge in [0, 0.05) is 7.05 Å². The van der Waals surface area contributed by atoms with Crippen molar-refractivity contribution >= 4 is 5.69 Å². The molecule has 0 fully saturated rings. The Balaban J connectivity index is 2.45. The van der Waals surface area contributed by atoms with Gasteiger partial charge in [-0.3, -0.25) is 0 Å². The Kier molecular flexibility index (Phi) is 1.91. The number of aryl methyl sites for hydroxylation is 1. The summed E-state index contributed by atoms with van der Waals surface area (Å²) in [5.74, 6) is 1.01. The highest BCUT2D eigenvalue weighted by Crippen LogP contribution is 2.33. The molecule has 2 heteroatoms. The molecule has 0 bridgehead atoms. The molecule has 2 rings (SSSR count). The molecule has 0 aromatic heterocycles. The first-order valence-electron chi connectivity index (χ1n) is 4.65. The van der Waals surface area contributed by atoms with E-state index in [1.807, 2.05) is 6.07 Å². The number of hydrogen-bond acceptors (Lipinski definition) is 2. The highest BCUT2D eigenvalue weighted by atomic mass is 16.5. The summed E-state index contributed by atoms with van der Waals surface area (Å²) in [7, 11) is 2.12. The van der Waals surface area contributed by atoms with Gasteiger partial charge in [-0.15, -0.1) is 0 Å². The second-order valence-corrected chi connectivity index (χ2v) is 3.74. The van der Waals surface area contributed by atoms with Gasteiger partial charge in [0.2, 0.25) is 0 Å². The Morgan fingerprint density at radius 3 is 3.00 bits per heavy atom. The number of anilines is 1. The lowest BCUT2D eigenvalue weighted by Gasteiger charge is -2.33. The molecule has 0 saturated heterocycles. The summed E-state index contributed by atoms with van der Waals surface area (Å²) in [5, 5.41) is 0. The van der Waals surface area contributed by atoms with Crippen LogP contribution in [0, 0.1) is 6.92 Å². The summed E-state index contributed by atoms with van der Waals surface area (Å²) in [6.07, 6.45) is 0. The quantitative estimate of drug-likeness (QED) is 0.602. The van der Waals surface area contributed by atoms with E-state index < -0.39 is 0 Å². The second-order valence-electron chi connectivity index (χ2n) is 3.74. The topological polar surface area (TPSA) is 12.5 Å². The zero-order valence-corrected chi connectivity index (χ0v) is 8.37. The summed E-state index contributed by atoms with van der Waals surface area (Å²) < 4.78 is 5.62. The summed E-state index contributed by atoms with van der Waals surface area (Å²) in [6.45, 7) is 5.06. The van der Waals surface area contributed by atoms with Crippen LogP contribution in [0.1, 0.15) is 12.5 Å². The molecule has 1 atom stereocenters. The van der Waals surface area contributed by atoms with Crippen LogP contribution in [0.25, 0.3) is 0 Å². The molecular weight excluding hydrogens is 162 g/mol. The SMILES string of the molecule is Cc1ccc2c(c1)N(C)C(C)CO2. The van der Waals surface area contributed by atoms with Crippen molar-refractivity contribution < 1.29 is 4.74 Å². The average Bonchev–Trinajstić information content (AvgIpc) is 2.12. The highest BCUT2D eigenvalue weighted by Gasteiger charge is 2.20. The van der Waals surface area contributed by atoms with E-state index >= 15 is 0 Å². The molecule has 1 aromatic rings. The fraction of sp³-hybridized carbons (Fsp3) is 0.455. The minimum Gasteiger partial charge on any atom is -0.489 e. The average molecular weight is 177 g/mol. The zero-order valence-electron chi connectivity index (χ0n) is 8.37. The van der Waals surface area contributed by atoms with Crippen LogP contribution in [0.2, 0.25) is 0 Å². The molecule has 1 aliphatic rings. The molecule has 1 aromatic carbocycles. The van der Waals surface area contributed by atoms with E-state index in [1.165, 1.54) is 11.3 Å². The molecular formula is C11H15NO. The molecule has 1 heterocycles. The summed E-state index contributed by atoms with van der Waals surface area (Å²) in [4.78, 5) is 2.27. The molecule has 0 spiro atoms. The normalized spacial score (nSPS) is 20.8. The van der Waals surface area contributed by atoms with Gasteiger partial charge in [0.1, 0.15) is 12.4 Å². The lowest BCUT2D eigenvalue weighted by Crippen LogP contribution is -2.37. The molecule has 2 nitrogen and oxygen atoms in total. The van der Waals surface area contributed by atoms with Crippen LogP contribution in [0.3, 0.4) is 0 Å². The molecule has 70 valence electrons.